The quantitative estimate of drug-likeness (QED) is 0.332. The van der Waals surface area contributed by atoms with Crippen LogP contribution < -0.4 is 0 Å². The number of fused-ring (bicyclic) bond motifs is 1. The van der Waals surface area contributed by atoms with E-state index in [0.29, 0.717) is 12.2 Å². The molecule has 0 radical (unpaired) electrons. The maximum Gasteiger partial charge on any atom is 0.373 e. The molecule has 0 amide bonds. The van der Waals surface area contributed by atoms with Crippen LogP contribution in [0.2, 0.25) is 0 Å². The highest BCUT2D eigenvalue weighted by Gasteiger charge is 2.15. The van der Waals surface area contributed by atoms with Gasteiger partial charge in [0, 0.05) is 12.5 Å². The molecule has 0 unspecified atom stereocenters. The Balaban J connectivity index is 1.82. The number of ether oxygens (including phenoxy) is 1. The van der Waals surface area contributed by atoms with Crippen LogP contribution in [0.15, 0.2) is 70.8 Å². The van der Waals surface area contributed by atoms with Crippen molar-refractivity contribution in [1.29, 1.82) is 0 Å². The van der Waals surface area contributed by atoms with Gasteiger partial charge in [-0.1, -0.05) is 42.5 Å². The molecule has 3 rings (SSSR count). The number of aliphatic hydroxyl groups excluding tert-OH is 1. The van der Waals surface area contributed by atoms with E-state index in [1.54, 1.807) is 6.07 Å². The van der Waals surface area contributed by atoms with Crippen LogP contribution >= 0.6 is 0 Å². The third-order valence-electron chi connectivity index (χ3n) is 3.81. The molecular formula is C20H16O5. The predicted molar refractivity (Wildman–Crippen MR) is 92.5 cm³/mol. The monoisotopic (exact) mass is 336 g/mol. The summed E-state index contributed by atoms with van der Waals surface area (Å²) in [5.74, 6) is -1.68. The van der Waals surface area contributed by atoms with E-state index in [4.69, 9.17) is 4.42 Å². The first-order valence-corrected chi connectivity index (χ1v) is 7.67. The van der Waals surface area contributed by atoms with Crippen molar-refractivity contribution in [2.45, 2.75) is 6.42 Å². The number of benzene rings is 2. The van der Waals surface area contributed by atoms with Crippen LogP contribution in [0.1, 0.15) is 21.9 Å². The number of hydrogen-bond donors (Lipinski definition) is 1. The lowest BCUT2D eigenvalue weighted by molar-refractivity contribution is -0.139. The summed E-state index contributed by atoms with van der Waals surface area (Å²) in [4.78, 5) is 23.1. The van der Waals surface area contributed by atoms with Gasteiger partial charge in [-0.25, -0.2) is 4.79 Å². The predicted octanol–water partition coefficient (Wildman–Crippen LogP) is 3.82. The van der Waals surface area contributed by atoms with E-state index in [2.05, 4.69) is 4.74 Å². The zero-order chi connectivity index (χ0) is 17.8. The number of methoxy groups -OCH3 is 1. The second kappa shape index (κ2) is 7.05. The molecular weight excluding hydrogens is 320 g/mol. The van der Waals surface area contributed by atoms with Crippen molar-refractivity contribution < 1.29 is 23.8 Å². The normalized spacial score (nSPS) is 11.5. The minimum atomic E-state index is -0.976. The van der Waals surface area contributed by atoms with Crippen molar-refractivity contribution in [2.24, 2.45) is 0 Å². The average molecular weight is 336 g/mol. The van der Waals surface area contributed by atoms with Gasteiger partial charge in [0.25, 0.3) is 0 Å². The van der Waals surface area contributed by atoms with Gasteiger partial charge < -0.3 is 14.3 Å². The highest BCUT2D eigenvalue weighted by atomic mass is 16.5. The molecule has 5 heteroatoms. The molecule has 3 aromatic rings. The van der Waals surface area contributed by atoms with E-state index >= 15 is 0 Å². The molecule has 0 saturated heterocycles. The van der Waals surface area contributed by atoms with Gasteiger partial charge >= 0.3 is 5.97 Å². The maximum absolute atomic E-state index is 12.0. The van der Waals surface area contributed by atoms with E-state index in [-0.39, 0.29) is 5.76 Å². The first kappa shape index (κ1) is 16.5. The number of carbonyl (C=O) groups is 2. The highest BCUT2D eigenvalue weighted by Crippen LogP contribution is 2.22. The molecule has 0 atom stereocenters. The topological polar surface area (TPSA) is 76.7 Å². The largest absolute Gasteiger partial charge is 0.502 e. The molecule has 126 valence electrons. The average Bonchev–Trinajstić information content (AvgIpc) is 3.10. The Morgan fingerprint density at radius 2 is 1.84 bits per heavy atom. The fourth-order valence-corrected chi connectivity index (χ4v) is 2.60. The van der Waals surface area contributed by atoms with Crippen LogP contribution in [-0.2, 0) is 16.0 Å². The molecule has 0 aliphatic heterocycles. The molecule has 2 aromatic carbocycles. The summed E-state index contributed by atoms with van der Waals surface area (Å²) in [6.07, 6.45) is 1.31. The number of rotatable bonds is 5. The zero-order valence-electron chi connectivity index (χ0n) is 13.6. The molecule has 0 bridgehead atoms. The van der Waals surface area contributed by atoms with E-state index < -0.39 is 17.5 Å². The number of aliphatic hydroxyl groups is 1. The first-order valence-electron chi connectivity index (χ1n) is 7.67. The summed E-state index contributed by atoms with van der Waals surface area (Å²) in [6.45, 7) is 0. The van der Waals surface area contributed by atoms with E-state index in [9.17, 15) is 14.7 Å². The van der Waals surface area contributed by atoms with Crippen molar-refractivity contribution in [3.63, 3.8) is 0 Å². The van der Waals surface area contributed by atoms with Gasteiger partial charge in [0.15, 0.2) is 5.76 Å². The Bertz CT molecular complexity index is 960. The third kappa shape index (κ3) is 3.61. The van der Waals surface area contributed by atoms with Crippen molar-refractivity contribution in [1.82, 2.24) is 0 Å². The second-order valence-corrected chi connectivity index (χ2v) is 5.47. The van der Waals surface area contributed by atoms with Crippen molar-refractivity contribution in [3.8, 4) is 0 Å². The van der Waals surface area contributed by atoms with E-state index in [0.717, 1.165) is 29.5 Å². The van der Waals surface area contributed by atoms with Crippen LogP contribution in [0.3, 0.4) is 0 Å². The van der Waals surface area contributed by atoms with Gasteiger partial charge in [-0.15, -0.1) is 0 Å². The minimum Gasteiger partial charge on any atom is -0.502 e. The number of esters is 1. The Morgan fingerprint density at radius 1 is 1.08 bits per heavy atom. The summed E-state index contributed by atoms with van der Waals surface area (Å²) in [6, 6.07) is 17.3. The van der Waals surface area contributed by atoms with Gasteiger partial charge in [-0.3, -0.25) is 4.79 Å². The number of furan rings is 1. The summed E-state index contributed by atoms with van der Waals surface area (Å²) < 4.78 is 9.89. The first-order chi connectivity index (χ1) is 12.1. The fraction of sp³-hybridized carbons (Fsp3) is 0.100. The molecule has 1 aromatic heterocycles. The molecule has 0 aliphatic rings. The zero-order valence-corrected chi connectivity index (χ0v) is 13.6. The molecule has 5 nitrogen and oxygen atoms in total. The summed E-state index contributed by atoms with van der Waals surface area (Å²) >= 11 is 0. The van der Waals surface area contributed by atoms with Crippen molar-refractivity contribution in [2.75, 3.05) is 7.11 Å². The summed E-state index contributed by atoms with van der Waals surface area (Å²) in [5.41, 5.74) is 1.08. The van der Waals surface area contributed by atoms with Crippen LogP contribution in [0.4, 0.5) is 0 Å². The van der Waals surface area contributed by atoms with Crippen LogP contribution in [0.25, 0.3) is 10.8 Å². The minimum absolute atomic E-state index is 0.0469. The fourth-order valence-electron chi connectivity index (χ4n) is 2.60. The molecule has 1 heterocycles. The van der Waals surface area contributed by atoms with Crippen LogP contribution in [-0.4, -0.2) is 24.0 Å². The van der Waals surface area contributed by atoms with Gasteiger partial charge in [0.2, 0.25) is 11.5 Å². The molecule has 0 saturated carbocycles. The smallest absolute Gasteiger partial charge is 0.373 e. The molecule has 0 fully saturated rings. The number of hydrogen-bond acceptors (Lipinski definition) is 5. The molecule has 0 spiro atoms. The van der Waals surface area contributed by atoms with Crippen LogP contribution in [0.5, 0.6) is 0 Å². The maximum atomic E-state index is 12.0. The van der Waals surface area contributed by atoms with Crippen molar-refractivity contribution in [3.05, 3.63) is 83.5 Å². The highest BCUT2D eigenvalue weighted by molar-refractivity contribution is 6.06. The van der Waals surface area contributed by atoms with Crippen LogP contribution in [0, 0.1) is 0 Å². The Morgan fingerprint density at radius 3 is 2.64 bits per heavy atom. The molecule has 25 heavy (non-hydrogen) atoms. The second-order valence-electron chi connectivity index (χ2n) is 5.47. The molecule has 1 N–H and O–H groups in total. The lowest BCUT2D eigenvalue weighted by atomic mass is 10.0. The Kier molecular flexibility index (Phi) is 4.66. The van der Waals surface area contributed by atoms with Gasteiger partial charge in [0.05, 0.1) is 7.11 Å². The molecule has 0 aliphatic carbocycles. The van der Waals surface area contributed by atoms with Gasteiger partial charge in [-0.05, 0) is 28.5 Å². The van der Waals surface area contributed by atoms with Crippen molar-refractivity contribution >= 4 is 22.5 Å². The Hall–Kier alpha value is -3.34. The third-order valence-corrected chi connectivity index (χ3v) is 3.81. The van der Waals surface area contributed by atoms with E-state index in [1.807, 2.05) is 42.5 Å². The lowest BCUT2D eigenvalue weighted by Gasteiger charge is -2.04. The lowest BCUT2D eigenvalue weighted by Crippen LogP contribution is -2.06. The number of allylic oxidation sites excluding steroid dienone is 1. The van der Waals surface area contributed by atoms with Gasteiger partial charge in [0.1, 0.15) is 5.76 Å². The number of ketones is 1. The standard InChI is InChI=1S/C20H16O5/c1-24-20(23)18(22)12-17(21)19-10-9-15(25-19)11-14-7-4-6-13-5-2-3-8-16(13)14/h2-10,12,22H,11H2,1H3. The van der Waals surface area contributed by atoms with E-state index in [1.165, 1.54) is 6.07 Å². The summed E-state index contributed by atoms with van der Waals surface area (Å²) in [7, 11) is 1.12. The Labute approximate surface area is 144 Å². The van der Waals surface area contributed by atoms with Gasteiger partial charge in [-0.2, -0.15) is 0 Å². The summed E-state index contributed by atoms with van der Waals surface area (Å²) in [5, 5.41) is 11.7. The SMILES string of the molecule is COC(=O)C(O)=CC(=O)c1ccc(Cc2cccc3ccccc23)o1. The number of carbonyl (C=O) groups excluding carboxylic acids is 2.